The lowest BCUT2D eigenvalue weighted by atomic mass is 10.2. The second kappa shape index (κ2) is 7.66. The van der Waals surface area contributed by atoms with Crippen LogP contribution in [0.4, 0.5) is 17.5 Å². The molecule has 0 fully saturated rings. The highest BCUT2D eigenvalue weighted by Crippen LogP contribution is 2.23. The summed E-state index contributed by atoms with van der Waals surface area (Å²) in [7, 11) is 3.65. The maximum atomic E-state index is 5.40. The third-order valence-corrected chi connectivity index (χ3v) is 3.94. The van der Waals surface area contributed by atoms with Gasteiger partial charge in [-0.2, -0.15) is 4.98 Å². The molecular formula is C20H22N4O. The van der Waals surface area contributed by atoms with Crippen LogP contribution in [0.25, 0.3) is 0 Å². The first-order valence-corrected chi connectivity index (χ1v) is 8.17. The van der Waals surface area contributed by atoms with Gasteiger partial charge >= 0.3 is 0 Å². The highest BCUT2D eigenvalue weighted by molar-refractivity contribution is 5.57. The third-order valence-electron chi connectivity index (χ3n) is 3.94. The first kappa shape index (κ1) is 16.8. The summed E-state index contributed by atoms with van der Waals surface area (Å²) < 4.78 is 5.40. The van der Waals surface area contributed by atoms with E-state index in [1.807, 2.05) is 79.5 Å². The van der Waals surface area contributed by atoms with Crippen LogP contribution in [0.3, 0.4) is 0 Å². The second-order valence-electron chi connectivity index (χ2n) is 5.75. The largest absolute Gasteiger partial charge is 0.496 e. The Morgan fingerprint density at radius 3 is 2.48 bits per heavy atom. The van der Waals surface area contributed by atoms with Crippen molar-refractivity contribution in [3.8, 4) is 5.75 Å². The number of aryl methyl sites for hydroxylation is 1. The van der Waals surface area contributed by atoms with E-state index in [9.17, 15) is 0 Å². The Bertz CT molecular complexity index is 836. The number of aromatic nitrogens is 2. The molecule has 0 aliphatic rings. The normalized spacial score (nSPS) is 10.4. The summed E-state index contributed by atoms with van der Waals surface area (Å²) in [5.74, 6) is 2.31. The van der Waals surface area contributed by atoms with E-state index in [1.54, 1.807) is 7.11 Å². The van der Waals surface area contributed by atoms with E-state index < -0.39 is 0 Å². The zero-order chi connectivity index (χ0) is 17.6. The van der Waals surface area contributed by atoms with Crippen LogP contribution in [-0.2, 0) is 6.54 Å². The molecule has 25 heavy (non-hydrogen) atoms. The zero-order valence-corrected chi connectivity index (χ0v) is 14.7. The molecular weight excluding hydrogens is 312 g/mol. The number of ether oxygens (including phenoxy) is 1. The molecule has 1 aromatic heterocycles. The van der Waals surface area contributed by atoms with Gasteiger partial charge in [0.25, 0.3) is 0 Å². The van der Waals surface area contributed by atoms with E-state index >= 15 is 0 Å². The van der Waals surface area contributed by atoms with Gasteiger partial charge in [-0.25, -0.2) is 4.98 Å². The van der Waals surface area contributed by atoms with E-state index in [0.29, 0.717) is 12.5 Å². The molecule has 128 valence electrons. The Hall–Kier alpha value is -3.08. The van der Waals surface area contributed by atoms with Gasteiger partial charge < -0.3 is 15.0 Å². The van der Waals surface area contributed by atoms with Crippen molar-refractivity contribution in [3.63, 3.8) is 0 Å². The number of nitrogens with zero attached hydrogens (tertiary/aromatic N) is 3. The number of anilines is 3. The Morgan fingerprint density at radius 2 is 1.72 bits per heavy atom. The molecule has 1 N–H and O–H groups in total. The molecule has 5 heteroatoms. The standard InChI is InChI=1S/C20H22N4O/c1-15-13-19(21-14-16-9-7-8-12-18(16)25-3)23-20(22-15)24(2)17-10-5-4-6-11-17/h4-13H,14H2,1-3H3,(H,21,22,23). The molecule has 0 aliphatic carbocycles. The van der Waals surface area contributed by atoms with E-state index in [2.05, 4.69) is 15.3 Å². The van der Waals surface area contributed by atoms with Crippen molar-refractivity contribution < 1.29 is 4.74 Å². The van der Waals surface area contributed by atoms with Crippen LogP contribution in [0.2, 0.25) is 0 Å². The van der Waals surface area contributed by atoms with Crippen molar-refractivity contribution in [2.45, 2.75) is 13.5 Å². The minimum Gasteiger partial charge on any atom is -0.496 e. The monoisotopic (exact) mass is 334 g/mol. The van der Waals surface area contributed by atoms with E-state index in [-0.39, 0.29) is 0 Å². The average Bonchev–Trinajstić information content (AvgIpc) is 2.66. The lowest BCUT2D eigenvalue weighted by Crippen LogP contribution is -2.15. The minimum atomic E-state index is 0.634. The number of nitrogens with one attached hydrogen (secondary N) is 1. The smallest absolute Gasteiger partial charge is 0.231 e. The number of hydrogen-bond acceptors (Lipinski definition) is 5. The summed E-state index contributed by atoms with van der Waals surface area (Å²) in [6, 6.07) is 20.0. The molecule has 5 nitrogen and oxygen atoms in total. The molecule has 3 aromatic rings. The number of para-hydroxylation sites is 2. The fraction of sp³-hybridized carbons (Fsp3) is 0.200. The summed E-state index contributed by atoms with van der Waals surface area (Å²) in [4.78, 5) is 11.2. The molecule has 0 unspecified atom stereocenters. The van der Waals surface area contributed by atoms with Gasteiger partial charge in [0.2, 0.25) is 5.95 Å². The lowest BCUT2D eigenvalue weighted by Gasteiger charge is -2.18. The van der Waals surface area contributed by atoms with Crippen LogP contribution in [-0.4, -0.2) is 24.1 Å². The first-order chi connectivity index (χ1) is 12.2. The predicted octanol–water partition coefficient (Wildman–Crippen LogP) is 4.17. The lowest BCUT2D eigenvalue weighted by molar-refractivity contribution is 0.410. The Kier molecular flexibility index (Phi) is 5.14. The van der Waals surface area contributed by atoms with Crippen LogP contribution < -0.4 is 15.0 Å². The second-order valence-corrected chi connectivity index (χ2v) is 5.75. The van der Waals surface area contributed by atoms with Gasteiger partial charge in [-0.1, -0.05) is 36.4 Å². The molecule has 0 aliphatic heterocycles. The molecule has 0 saturated carbocycles. The van der Waals surface area contributed by atoms with Crippen molar-refractivity contribution in [2.75, 3.05) is 24.4 Å². The van der Waals surface area contributed by atoms with Crippen molar-refractivity contribution in [1.82, 2.24) is 9.97 Å². The van der Waals surface area contributed by atoms with Crippen molar-refractivity contribution in [3.05, 3.63) is 71.9 Å². The third kappa shape index (κ3) is 4.07. The summed E-state index contributed by atoms with van der Waals surface area (Å²) in [6.07, 6.45) is 0. The van der Waals surface area contributed by atoms with Gasteiger partial charge in [-0.3, -0.25) is 0 Å². The fourth-order valence-electron chi connectivity index (χ4n) is 2.60. The average molecular weight is 334 g/mol. The molecule has 0 bridgehead atoms. The van der Waals surface area contributed by atoms with Crippen LogP contribution in [0, 0.1) is 6.92 Å². The SMILES string of the molecule is COc1ccccc1CNc1cc(C)nc(N(C)c2ccccc2)n1. The number of benzene rings is 2. The molecule has 3 rings (SSSR count). The van der Waals surface area contributed by atoms with E-state index in [0.717, 1.165) is 28.5 Å². The number of rotatable bonds is 6. The molecule has 2 aromatic carbocycles. The minimum absolute atomic E-state index is 0.634. The molecule has 0 saturated heterocycles. The molecule has 0 spiro atoms. The van der Waals surface area contributed by atoms with Crippen molar-refractivity contribution in [2.24, 2.45) is 0 Å². The summed E-state index contributed by atoms with van der Waals surface area (Å²) in [6.45, 7) is 2.60. The number of methoxy groups -OCH3 is 1. The van der Waals surface area contributed by atoms with Crippen LogP contribution >= 0.6 is 0 Å². The Balaban J connectivity index is 1.80. The fourth-order valence-corrected chi connectivity index (χ4v) is 2.60. The molecule has 0 amide bonds. The topological polar surface area (TPSA) is 50.3 Å². The summed E-state index contributed by atoms with van der Waals surface area (Å²) in [5.41, 5.74) is 3.04. The van der Waals surface area contributed by atoms with E-state index in [1.165, 1.54) is 0 Å². The summed E-state index contributed by atoms with van der Waals surface area (Å²) >= 11 is 0. The maximum Gasteiger partial charge on any atom is 0.231 e. The van der Waals surface area contributed by atoms with E-state index in [4.69, 9.17) is 4.74 Å². The zero-order valence-electron chi connectivity index (χ0n) is 14.7. The van der Waals surface area contributed by atoms with Gasteiger partial charge in [0.05, 0.1) is 7.11 Å². The maximum absolute atomic E-state index is 5.40. The Labute approximate surface area is 148 Å². The van der Waals surface area contributed by atoms with Crippen molar-refractivity contribution >= 4 is 17.5 Å². The Morgan fingerprint density at radius 1 is 1.00 bits per heavy atom. The predicted molar refractivity (Wildman–Crippen MR) is 102 cm³/mol. The van der Waals surface area contributed by atoms with Gasteiger partial charge in [0, 0.05) is 36.6 Å². The number of hydrogen-bond donors (Lipinski definition) is 1. The molecule has 0 atom stereocenters. The summed E-state index contributed by atoms with van der Waals surface area (Å²) in [5, 5.41) is 3.37. The highest BCUT2D eigenvalue weighted by Gasteiger charge is 2.10. The molecule has 0 radical (unpaired) electrons. The van der Waals surface area contributed by atoms with Gasteiger partial charge in [0.15, 0.2) is 0 Å². The van der Waals surface area contributed by atoms with Gasteiger partial charge in [-0.05, 0) is 25.1 Å². The van der Waals surface area contributed by atoms with Gasteiger partial charge in [0.1, 0.15) is 11.6 Å². The van der Waals surface area contributed by atoms with Crippen LogP contribution in [0.15, 0.2) is 60.7 Å². The highest BCUT2D eigenvalue weighted by atomic mass is 16.5. The first-order valence-electron chi connectivity index (χ1n) is 8.17. The van der Waals surface area contributed by atoms with Crippen LogP contribution in [0.1, 0.15) is 11.3 Å². The quantitative estimate of drug-likeness (QED) is 0.733. The van der Waals surface area contributed by atoms with Crippen LogP contribution in [0.5, 0.6) is 5.75 Å². The molecule has 1 heterocycles. The van der Waals surface area contributed by atoms with Crippen molar-refractivity contribution in [1.29, 1.82) is 0 Å². The van der Waals surface area contributed by atoms with Gasteiger partial charge in [-0.15, -0.1) is 0 Å².